The van der Waals surface area contributed by atoms with E-state index < -0.39 is 12.4 Å². The summed E-state index contributed by atoms with van der Waals surface area (Å²) in [5, 5.41) is 0. The van der Waals surface area contributed by atoms with Crippen LogP contribution in [0.4, 0.5) is 4.79 Å². The normalized spacial score (nSPS) is 22.4. The van der Waals surface area contributed by atoms with Crippen molar-refractivity contribution in [2.75, 3.05) is 6.61 Å². The van der Waals surface area contributed by atoms with Crippen LogP contribution in [-0.2, 0) is 9.47 Å². The van der Waals surface area contributed by atoms with Crippen LogP contribution in [0, 0.1) is 6.92 Å². The maximum Gasteiger partial charge on any atom is 0.510 e. The van der Waals surface area contributed by atoms with E-state index in [1.165, 1.54) is 5.56 Å². The summed E-state index contributed by atoms with van der Waals surface area (Å²) in [6.45, 7) is 4.05. The molecule has 2 atom stereocenters. The molecule has 0 spiro atoms. The summed E-state index contributed by atoms with van der Waals surface area (Å²) < 4.78 is 11.0. The Kier molecular flexibility index (Phi) is 4.99. The number of allylic oxidation sites excluding steroid dienone is 1. The lowest BCUT2D eigenvalue weighted by atomic mass is 9.98. The molecule has 0 saturated heterocycles. The molecule has 2 aliphatic heterocycles. The monoisotopic (exact) mass is 391 g/mol. The van der Waals surface area contributed by atoms with Crippen LogP contribution in [0.15, 0.2) is 44.9 Å². The van der Waals surface area contributed by atoms with Gasteiger partial charge in [-0.3, -0.25) is 0 Å². The fraction of sp³-hybridized carbons (Fsp3) is 0.353. The van der Waals surface area contributed by atoms with Crippen LogP contribution in [0.5, 0.6) is 0 Å². The first-order valence-corrected chi connectivity index (χ1v) is 8.53. The quantitative estimate of drug-likeness (QED) is 0.732. The highest BCUT2D eigenvalue weighted by atomic mass is 79.9. The Morgan fingerprint density at radius 3 is 3.04 bits per heavy atom. The van der Waals surface area contributed by atoms with E-state index in [1.807, 2.05) is 30.2 Å². The molecule has 0 radical (unpaired) electrons. The second kappa shape index (κ2) is 7.17. The van der Waals surface area contributed by atoms with Gasteiger partial charge >= 0.3 is 6.16 Å². The third-order valence-electron chi connectivity index (χ3n) is 3.74. The van der Waals surface area contributed by atoms with E-state index in [9.17, 15) is 4.79 Å². The standard InChI is InChI=1S/C17H18BrN3O3/c1-3-23-17(22)24-15-8-14(12-6-4-5-11(2)7-12)21-10-13(18)9-19-16(21)20-15/h4-7,9-10,14-15H,3,8H2,1-2H3. The molecule has 3 rings (SSSR count). The fourth-order valence-corrected chi connectivity index (χ4v) is 3.06. The Hall–Kier alpha value is -2.15. The molecule has 0 fully saturated rings. The SMILES string of the molecule is CCOC(=O)OC1CC(c2cccc(C)c2)N2C=C(Br)C=NC2=N1. The second-order valence-electron chi connectivity index (χ2n) is 5.53. The minimum absolute atomic E-state index is 0.0261. The summed E-state index contributed by atoms with van der Waals surface area (Å²) in [5.74, 6) is 0.519. The van der Waals surface area contributed by atoms with E-state index in [-0.39, 0.29) is 12.6 Å². The van der Waals surface area contributed by atoms with E-state index in [0.717, 1.165) is 10.0 Å². The van der Waals surface area contributed by atoms with Crippen molar-refractivity contribution < 1.29 is 14.3 Å². The van der Waals surface area contributed by atoms with Gasteiger partial charge in [-0.05, 0) is 35.3 Å². The Balaban J connectivity index is 1.91. The van der Waals surface area contributed by atoms with Crippen molar-refractivity contribution in [2.24, 2.45) is 9.98 Å². The summed E-state index contributed by atoms with van der Waals surface area (Å²) >= 11 is 3.45. The third-order valence-corrected chi connectivity index (χ3v) is 4.15. The Morgan fingerprint density at radius 1 is 1.46 bits per heavy atom. The van der Waals surface area contributed by atoms with Crippen LogP contribution >= 0.6 is 15.9 Å². The van der Waals surface area contributed by atoms with Gasteiger partial charge in [-0.2, -0.15) is 0 Å². The van der Waals surface area contributed by atoms with Gasteiger partial charge in [0.1, 0.15) is 0 Å². The Bertz CT molecular complexity index is 730. The molecule has 1 aromatic rings. The predicted molar refractivity (Wildman–Crippen MR) is 95.2 cm³/mol. The zero-order valence-corrected chi connectivity index (χ0v) is 15.1. The van der Waals surface area contributed by atoms with Crippen LogP contribution in [0.3, 0.4) is 0 Å². The highest BCUT2D eigenvalue weighted by Crippen LogP contribution is 2.34. The number of hydrogen-bond donors (Lipinski definition) is 0. The second-order valence-corrected chi connectivity index (χ2v) is 6.45. The molecular weight excluding hydrogens is 374 g/mol. The lowest BCUT2D eigenvalue weighted by molar-refractivity contribution is 0.0164. The molecule has 6 nitrogen and oxygen atoms in total. The molecule has 0 aromatic heterocycles. The van der Waals surface area contributed by atoms with E-state index >= 15 is 0 Å². The van der Waals surface area contributed by atoms with Gasteiger partial charge in [-0.15, -0.1) is 0 Å². The molecule has 2 aliphatic rings. The minimum atomic E-state index is -0.709. The molecule has 2 heterocycles. The number of guanidine groups is 1. The first-order chi connectivity index (χ1) is 11.6. The van der Waals surface area contributed by atoms with Gasteiger partial charge in [0.25, 0.3) is 0 Å². The Morgan fingerprint density at radius 2 is 2.29 bits per heavy atom. The first-order valence-electron chi connectivity index (χ1n) is 7.74. The van der Waals surface area contributed by atoms with Crippen LogP contribution in [-0.4, -0.2) is 36.1 Å². The van der Waals surface area contributed by atoms with Gasteiger partial charge in [0.15, 0.2) is 0 Å². The van der Waals surface area contributed by atoms with E-state index in [2.05, 4.69) is 38.0 Å². The summed E-state index contributed by atoms with van der Waals surface area (Å²) in [6, 6.07) is 8.22. The smallest absolute Gasteiger partial charge is 0.435 e. The van der Waals surface area contributed by atoms with Crippen molar-refractivity contribution in [1.29, 1.82) is 0 Å². The molecule has 126 valence electrons. The number of hydrogen-bond acceptors (Lipinski definition) is 6. The van der Waals surface area contributed by atoms with Gasteiger partial charge in [0.05, 0.1) is 17.1 Å². The van der Waals surface area contributed by atoms with Crippen molar-refractivity contribution in [3.63, 3.8) is 0 Å². The Labute approximate surface area is 149 Å². The zero-order valence-electron chi connectivity index (χ0n) is 13.5. The number of aryl methyl sites for hydroxylation is 1. The van der Waals surface area contributed by atoms with Crippen molar-refractivity contribution in [2.45, 2.75) is 32.5 Å². The van der Waals surface area contributed by atoms with Crippen LogP contribution < -0.4 is 0 Å². The highest BCUT2D eigenvalue weighted by Gasteiger charge is 2.34. The summed E-state index contributed by atoms with van der Waals surface area (Å²) in [6.07, 6.45) is 2.82. The van der Waals surface area contributed by atoms with E-state index in [0.29, 0.717) is 12.4 Å². The summed E-state index contributed by atoms with van der Waals surface area (Å²) in [4.78, 5) is 22.4. The minimum Gasteiger partial charge on any atom is -0.435 e. The van der Waals surface area contributed by atoms with Crippen molar-refractivity contribution in [3.8, 4) is 0 Å². The van der Waals surface area contributed by atoms with Crippen LogP contribution in [0.2, 0.25) is 0 Å². The molecule has 0 N–H and O–H groups in total. The zero-order chi connectivity index (χ0) is 17.1. The van der Waals surface area contributed by atoms with Crippen molar-refractivity contribution in [3.05, 3.63) is 46.1 Å². The van der Waals surface area contributed by atoms with Crippen molar-refractivity contribution in [1.82, 2.24) is 4.90 Å². The number of fused-ring (bicyclic) bond motifs is 1. The third kappa shape index (κ3) is 3.67. The summed E-state index contributed by atoms with van der Waals surface area (Å²) in [5.41, 5.74) is 2.29. The fourth-order valence-electron chi connectivity index (χ4n) is 2.74. The number of ether oxygens (including phenoxy) is 2. The lowest BCUT2D eigenvalue weighted by Gasteiger charge is -2.37. The van der Waals surface area contributed by atoms with Crippen LogP contribution in [0.1, 0.15) is 30.5 Å². The number of carbonyl (C=O) groups is 1. The molecule has 7 heteroatoms. The first kappa shape index (κ1) is 16.7. The number of carbonyl (C=O) groups excluding carboxylic acids is 1. The molecule has 0 saturated carbocycles. The summed E-state index contributed by atoms with van der Waals surface area (Å²) in [7, 11) is 0. The van der Waals surface area contributed by atoms with E-state index in [1.54, 1.807) is 13.1 Å². The molecule has 0 aliphatic carbocycles. The number of nitrogens with zero attached hydrogens (tertiary/aromatic N) is 3. The average Bonchev–Trinajstić information content (AvgIpc) is 2.54. The molecule has 1 aromatic carbocycles. The molecular formula is C17H18BrN3O3. The number of rotatable bonds is 3. The van der Waals surface area contributed by atoms with E-state index in [4.69, 9.17) is 9.47 Å². The average molecular weight is 392 g/mol. The largest absolute Gasteiger partial charge is 0.510 e. The van der Waals surface area contributed by atoms with Gasteiger partial charge in [-0.1, -0.05) is 29.8 Å². The van der Waals surface area contributed by atoms with Gasteiger partial charge in [0, 0.05) is 18.8 Å². The molecule has 0 amide bonds. The molecule has 0 bridgehead atoms. The predicted octanol–water partition coefficient (Wildman–Crippen LogP) is 3.92. The van der Waals surface area contributed by atoms with Crippen molar-refractivity contribution >= 4 is 34.3 Å². The topological polar surface area (TPSA) is 63.5 Å². The van der Waals surface area contributed by atoms with Gasteiger partial charge < -0.3 is 14.4 Å². The maximum atomic E-state index is 11.6. The maximum absolute atomic E-state index is 11.6. The van der Waals surface area contributed by atoms with Gasteiger partial charge in [0.2, 0.25) is 12.2 Å². The highest BCUT2D eigenvalue weighted by molar-refractivity contribution is 9.12. The van der Waals surface area contributed by atoms with Crippen LogP contribution in [0.25, 0.3) is 0 Å². The molecule has 2 unspecified atom stereocenters. The number of halogens is 1. The molecule has 24 heavy (non-hydrogen) atoms. The number of aliphatic imine (C=N–C) groups is 2. The lowest BCUT2D eigenvalue weighted by Crippen LogP contribution is -2.39. The number of benzene rings is 1. The van der Waals surface area contributed by atoms with Gasteiger partial charge in [-0.25, -0.2) is 14.8 Å².